The number of hydrogen-bond acceptors (Lipinski definition) is 2. The van der Waals surface area contributed by atoms with Crippen molar-refractivity contribution in [1.82, 2.24) is 0 Å². The molecular formula is C42H38F34N2. The number of aryl methyl sites for hydroxylation is 6. The number of hydrogen-bond donors (Lipinski definition) is 0. The summed E-state index contributed by atoms with van der Waals surface area (Å²) in [7, 11) is 0. The molecule has 0 unspecified atom stereocenters. The highest BCUT2D eigenvalue weighted by atomic mass is 19.4. The molecule has 3 rings (SSSR count). The second-order valence-electron chi connectivity index (χ2n) is 17.5. The van der Waals surface area contributed by atoms with Gasteiger partial charge in [0.1, 0.15) is 0 Å². The molecule has 0 amide bonds. The van der Waals surface area contributed by atoms with E-state index in [2.05, 4.69) is 0 Å². The molecule has 1 fully saturated rings. The van der Waals surface area contributed by atoms with Gasteiger partial charge in [0.15, 0.2) is 0 Å². The molecule has 78 heavy (non-hydrogen) atoms. The van der Waals surface area contributed by atoms with Gasteiger partial charge in [-0.05, 0) is 80.8 Å². The molecule has 0 bridgehead atoms. The van der Waals surface area contributed by atoms with E-state index in [1.807, 2.05) is 13.8 Å². The molecule has 0 N–H and O–H groups in total. The van der Waals surface area contributed by atoms with Crippen molar-refractivity contribution in [1.29, 1.82) is 0 Å². The van der Waals surface area contributed by atoms with Crippen LogP contribution in [0, 0.1) is 27.7 Å². The molecule has 1 aliphatic heterocycles. The maximum absolute atomic E-state index is 14.7. The van der Waals surface area contributed by atoms with Gasteiger partial charge in [-0.25, -0.2) is 0 Å². The van der Waals surface area contributed by atoms with E-state index >= 15 is 0 Å². The van der Waals surface area contributed by atoms with E-state index in [-0.39, 0.29) is 46.7 Å². The second-order valence-corrected chi connectivity index (χ2v) is 17.5. The fourth-order valence-electron chi connectivity index (χ4n) is 7.95. The Hall–Kier alpha value is -4.34. The van der Waals surface area contributed by atoms with E-state index in [0.717, 1.165) is 24.3 Å². The number of alkyl halides is 34. The Morgan fingerprint density at radius 3 is 0.692 bits per heavy atom. The summed E-state index contributed by atoms with van der Waals surface area (Å²) in [6, 6.07) is 3.45. The van der Waals surface area contributed by atoms with E-state index in [9.17, 15) is 149 Å². The van der Waals surface area contributed by atoms with Crippen LogP contribution in [0.2, 0.25) is 0 Å². The summed E-state index contributed by atoms with van der Waals surface area (Å²) in [5, 5.41) is 0. The summed E-state index contributed by atoms with van der Waals surface area (Å²) in [5.41, 5.74) is -0.961. The minimum Gasteiger partial charge on any atom is -0.349 e. The van der Waals surface area contributed by atoms with Crippen LogP contribution in [0.3, 0.4) is 0 Å². The van der Waals surface area contributed by atoms with Gasteiger partial charge in [0, 0.05) is 37.3 Å². The Morgan fingerprint density at radius 2 is 0.500 bits per heavy atom. The zero-order valence-electron chi connectivity index (χ0n) is 39.9. The number of benzene rings is 2. The van der Waals surface area contributed by atoms with Gasteiger partial charge >= 0.3 is 95.3 Å². The lowest BCUT2D eigenvalue weighted by atomic mass is 9.87. The average molecular weight is 1220 g/mol. The normalized spacial score (nSPS) is 16.5. The summed E-state index contributed by atoms with van der Waals surface area (Å²) >= 11 is 0. The number of anilines is 2. The van der Waals surface area contributed by atoms with Crippen LogP contribution in [-0.4, -0.2) is 115 Å². The van der Waals surface area contributed by atoms with Gasteiger partial charge in [-0.2, -0.15) is 149 Å². The first-order chi connectivity index (χ1) is 34.2. The summed E-state index contributed by atoms with van der Waals surface area (Å²) in [5.74, 6) is -115. The van der Waals surface area contributed by atoms with Crippen molar-refractivity contribution in [2.75, 3.05) is 22.9 Å². The predicted molar refractivity (Wildman–Crippen MR) is 205 cm³/mol. The molecule has 2 aromatic carbocycles. The molecule has 0 aliphatic carbocycles. The van der Waals surface area contributed by atoms with Crippen molar-refractivity contribution in [3.05, 3.63) is 57.6 Å². The highest BCUT2D eigenvalue weighted by Gasteiger charge is 2.97. The molecule has 36 heteroatoms. The van der Waals surface area contributed by atoms with Gasteiger partial charge in [0.2, 0.25) is 0 Å². The quantitative estimate of drug-likeness (QED) is 0.122. The number of halogens is 34. The first kappa shape index (κ1) is 69.8. The summed E-state index contributed by atoms with van der Waals surface area (Å²) in [6.45, 7) is 9.97. The van der Waals surface area contributed by atoms with Crippen molar-refractivity contribution in [3.63, 3.8) is 0 Å². The van der Waals surface area contributed by atoms with Crippen molar-refractivity contribution < 1.29 is 149 Å². The minimum atomic E-state index is -8.81. The van der Waals surface area contributed by atoms with E-state index in [1.54, 1.807) is 0 Å². The van der Waals surface area contributed by atoms with Crippen molar-refractivity contribution in [2.45, 2.75) is 176 Å². The zero-order chi connectivity index (χ0) is 62.4. The smallest absolute Gasteiger partial charge is 0.349 e. The van der Waals surface area contributed by atoms with E-state index in [0.29, 0.717) is 0 Å². The summed E-state index contributed by atoms with van der Waals surface area (Å²) in [4.78, 5) is 2.96. The Bertz CT molecular complexity index is 2220. The Kier molecular flexibility index (Phi) is 18.4. The Morgan fingerprint density at radius 1 is 0.321 bits per heavy atom. The third-order valence-electron chi connectivity index (χ3n) is 12.2. The molecule has 1 aliphatic rings. The lowest BCUT2D eigenvalue weighted by Gasteiger charge is -2.42. The number of nitrogens with zero attached hydrogens (tertiary/aromatic N) is 2. The molecule has 454 valence electrons. The molecule has 2 aromatic rings. The van der Waals surface area contributed by atoms with Crippen LogP contribution < -0.4 is 9.80 Å². The second kappa shape index (κ2) is 20.6. The van der Waals surface area contributed by atoms with E-state index in [1.165, 1.54) is 44.4 Å². The van der Waals surface area contributed by atoms with E-state index < -0.39 is 138 Å². The van der Waals surface area contributed by atoms with Crippen LogP contribution in [0.15, 0.2) is 24.3 Å². The van der Waals surface area contributed by atoms with Crippen LogP contribution in [-0.2, 0) is 12.8 Å². The Balaban J connectivity index is 0.0000103. The largest absolute Gasteiger partial charge is 0.460 e. The van der Waals surface area contributed by atoms with Crippen molar-refractivity contribution in [2.24, 2.45) is 0 Å². The van der Waals surface area contributed by atoms with Crippen LogP contribution in [0.4, 0.5) is 161 Å². The Labute approximate surface area is 417 Å². The first-order valence-electron chi connectivity index (χ1n) is 21.3. The van der Waals surface area contributed by atoms with Crippen LogP contribution in [0.1, 0.15) is 67.0 Å². The van der Waals surface area contributed by atoms with Crippen LogP contribution >= 0.6 is 0 Å². The predicted octanol–water partition coefficient (Wildman–Crippen LogP) is 17.5. The van der Waals surface area contributed by atoms with Crippen LogP contribution in [0.25, 0.3) is 0 Å². The number of rotatable bonds is 20. The molecule has 0 atom stereocenters. The molecule has 1 heterocycles. The fourth-order valence-corrected chi connectivity index (χ4v) is 7.95. The van der Waals surface area contributed by atoms with Gasteiger partial charge in [-0.3, -0.25) is 0 Å². The minimum absolute atomic E-state index is 0.0235. The lowest BCUT2D eigenvalue weighted by Crippen LogP contribution is -2.74. The summed E-state index contributed by atoms with van der Waals surface area (Å²) < 4.78 is 467. The zero-order valence-corrected chi connectivity index (χ0v) is 39.9. The lowest BCUT2D eigenvalue weighted by molar-refractivity contribution is -0.461. The summed E-state index contributed by atoms with van der Waals surface area (Å²) in [6.07, 6.45) is -25.5. The maximum Gasteiger partial charge on any atom is 0.460 e. The van der Waals surface area contributed by atoms with Gasteiger partial charge in [0.25, 0.3) is 0 Å². The molecule has 1 saturated heterocycles. The third kappa shape index (κ3) is 10.3. The van der Waals surface area contributed by atoms with Crippen molar-refractivity contribution >= 4 is 11.4 Å². The van der Waals surface area contributed by atoms with Gasteiger partial charge in [-0.15, -0.1) is 0 Å². The molecule has 0 spiro atoms. The molecule has 2 nitrogen and oxygen atoms in total. The maximum atomic E-state index is 14.7. The topological polar surface area (TPSA) is 6.48 Å². The molecule has 0 radical (unpaired) electrons. The van der Waals surface area contributed by atoms with Crippen molar-refractivity contribution in [3.8, 4) is 0 Å². The van der Waals surface area contributed by atoms with Gasteiger partial charge < -0.3 is 9.80 Å². The fraction of sp³-hybridized carbons (Fsp3) is 0.714. The standard InChI is InChI=1S/C40H32F34N2.C2H6/c1-16-12-21(6-8-25(41,42)27(45,46)29(49,50)31(53,54)33(57,58)35(61,62)37(65,66)39(69,70)71)13-17(2)23(16)75-10-11-76(20(75)5)24-18(3)14-22(15-19(24)4)7-9-26(43,44)28(47,48)30(51,52)32(55,56)34(59,60)36(63,64)38(67,68)40(72,73)74;1-2/h12-15,20H,6-11H2,1-5H3;1-2H3. The molecular weight excluding hydrogens is 1180 g/mol. The molecule has 0 saturated carbocycles. The highest BCUT2D eigenvalue weighted by molar-refractivity contribution is 5.67. The third-order valence-corrected chi connectivity index (χ3v) is 12.2. The molecule has 0 aromatic heterocycles. The van der Waals surface area contributed by atoms with E-state index in [4.69, 9.17) is 0 Å². The van der Waals surface area contributed by atoms with Gasteiger partial charge in [0.05, 0.1) is 6.17 Å². The van der Waals surface area contributed by atoms with Crippen LogP contribution in [0.5, 0.6) is 0 Å². The highest BCUT2D eigenvalue weighted by Crippen LogP contribution is 2.66. The van der Waals surface area contributed by atoms with Gasteiger partial charge in [-0.1, -0.05) is 38.1 Å². The first-order valence-corrected chi connectivity index (χ1v) is 21.3. The average Bonchev–Trinajstić information content (AvgIpc) is 3.62. The SMILES string of the molecule is CC.Cc1cc(CCC(F)(F)C(F)(F)C(F)(F)C(F)(F)C(F)(F)C(F)(F)C(F)(F)C(F)(F)F)cc(C)c1N1CCN(c2c(C)cc(CCC(F)(F)C(F)(F)C(F)(F)C(F)(F)C(F)(F)C(F)(F)C(F)(F)C(F)(F)F)cc2C)C1C. The monoisotopic (exact) mass is 1220 g/mol.